The monoisotopic (exact) mass is 282 g/mol. The van der Waals surface area contributed by atoms with Crippen molar-refractivity contribution >= 4 is 34.5 Å². The summed E-state index contributed by atoms with van der Waals surface area (Å²) in [6.07, 6.45) is 0.520. The summed E-state index contributed by atoms with van der Waals surface area (Å²) in [6.45, 7) is 1.70. The van der Waals surface area contributed by atoms with E-state index in [0.29, 0.717) is 17.4 Å². The Bertz CT molecular complexity index is 706. The number of carbonyl (C=O) groups excluding carboxylic acids is 1. The molecule has 19 heavy (non-hydrogen) atoms. The average Bonchev–Trinajstić information content (AvgIpc) is 2.60. The predicted octanol–water partition coefficient (Wildman–Crippen LogP) is 2.87. The maximum absolute atomic E-state index is 11.3. The number of aldehydes is 1. The fourth-order valence-electron chi connectivity index (χ4n) is 2.22. The Balaban J connectivity index is 3.11. The van der Waals surface area contributed by atoms with Crippen molar-refractivity contribution in [2.24, 2.45) is 7.05 Å². The number of methoxy groups -OCH3 is 1. The van der Waals surface area contributed by atoms with Crippen molar-refractivity contribution in [3.8, 4) is 5.75 Å². The molecule has 2 aromatic rings. The number of aromatic nitrogens is 1. The fraction of sp³-hybridized carbons (Fsp3) is 0.250. The predicted molar refractivity (Wildman–Crippen MR) is 71.3 cm³/mol. The van der Waals surface area contributed by atoms with Gasteiger partial charge in [0.05, 0.1) is 28.5 Å². The molecule has 0 bridgehead atoms. The average molecular weight is 283 g/mol. The number of rotatable bonds is 3. The first-order valence-corrected chi connectivity index (χ1v) is 5.76. The first kappa shape index (κ1) is 13.4. The molecule has 100 valence electrons. The van der Waals surface area contributed by atoms with Gasteiger partial charge in [-0.15, -0.1) is 0 Å². The maximum Gasteiger partial charge on any atom is 0.321 e. The van der Waals surface area contributed by atoms with Crippen LogP contribution >= 0.6 is 11.6 Å². The zero-order valence-electron chi connectivity index (χ0n) is 10.6. The van der Waals surface area contributed by atoms with Gasteiger partial charge in [0.15, 0.2) is 6.29 Å². The van der Waals surface area contributed by atoms with Crippen molar-refractivity contribution in [1.82, 2.24) is 4.57 Å². The molecule has 1 aromatic heterocycles. The largest absolute Gasteiger partial charge is 0.490 e. The summed E-state index contributed by atoms with van der Waals surface area (Å²) < 4.78 is 6.63. The number of ether oxygens (including phenoxy) is 1. The van der Waals surface area contributed by atoms with E-state index in [1.54, 1.807) is 24.6 Å². The van der Waals surface area contributed by atoms with Crippen LogP contribution in [-0.2, 0) is 7.05 Å². The van der Waals surface area contributed by atoms with Crippen LogP contribution in [0.5, 0.6) is 5.75 Å². The highest BCUT2D eigenvalue weighted by Crippen LogP contribution is 2.42. The number of nitro benzene ring substituents is 1. The lowest BCUT2D eigenvalue weighted by Gasteiger charge is -2.07. The molecule has 7 heteroatoms. The Labute approximate surface area is 113 Å². The van der Waals surface area contributed by atoms with E-state index in [2.05, 4.69) is 0 Å². The summed E-state index contributed by atoms with van der Waals surface area (Å²) in [5.74, 6) is 0.142. The van der Waals surface area contributed by atoms with Crippen molar-refractivity contribution in [2.75, 3.05) is 7.11 Å². The molecule has 0 aliphatic carbocycles. The molecule has 0 unspecified atom stereocenters. The first-order chi connectivity index (χ1) is 8.93. The minimum absolute atomic E-state index is 0.101. The molecule has 0 atom stereocenters. The van der Waals surface area contributed by atoms with Gasteiger partial charge in [-0.25, -0.2) is 0 Å². The van der Waals surface area contributed by atoms with Crippen LogP contribution in [0.4, 0.5) is 5.69 Å². The molecule has 1 heterocycles. The van der Waals surface area contributed by atoms with E-state index < -0.39 is 4.92 Å². The van der Waals surface area contributed by atoms with Crippen LogP contribution in [0.25, 0.3) is 10.9 Å². The summed E-state index contributed by atoms with van der Waals surface area (Å²) in [6, 6.07) is 1.71. The van der Waals surface area contributed by atoms with E-state index in [-0.39, 0.29) is 27.5 Å². The molecule has 6 nitrogen and oxygen atoms in total. The van der Waals surface area contributed by atoms with Crippen LogP contribution in [0.3, 0.4) is 0 Å². The van der Waals surface area contributed by atoms with Gasteiger partial charge < -0.3 is 9.30 Å². The molecule has 0 saturated heterocycles. The summed E-state index contributed by atoms with van der Waals surface area (Å²) in [4.78, 5) is 21.9. The van der Waals surface area contributed by atoms with Crippen LogP contribution in [-0.4, -0.2) is 22.9 Å². The lowest BCUT2D eigenvalue weighted by molar-refractivity contribution is -0.384. The van der Waals surface area contributed by atoms with Gasteiger partial charge in [0.1, 0.15) is 5.15 Å². The fourth-order valence-corrected chi connectivity index (χ4v) is 2.45. The van der Waals surface area contributed by atoms with Crippen molar-refractivity contribution in [2.45, 2.75) is 6.92 Å². The summed E-state index contributed by atoms with van der Waals surface area (Å²) in [5.41, 5.74) is 1.000. The third kappa shape index (κ3) is 1.76. The van der Waals surface area contributed by atoms with Gasteiger partial charge in [0.2, 0.25) is 5.75 Å². The molecule has 0 amide bonds. The highest BCUT2D eigenvalue weighted by atomic mass is 35.5. The molecule has 0 N–H and O–H groups in total. The third-order valence-corrected chi connectivity index (χ3v) is 3.53. The molecule has 0 radical (unpaired) electrons. The van der Waals surface area contributed by atoms with Gasteiger partial charge in [0, 0.05) is 12.6 Å². The molecular weight excluding hydrogens is 272 g/mol. The molecule has 0 spiro atoms. The smallest absolute Gasteiger partial charge is 0.321 e. The molecule has 0 saturated carbocycles. The van der Waals surface area contributed by atoms with E-state index in [1.807, 2.05) is 0 Å². The number of hydrogen-bond acceptors (Lipinski definition) is 4. The quantitative estimate of drug-likeness (QED) is 0.493. The van der Waals surface area contributed by atoms with Crippen molar-refractivity contribution in [3.05, 3.63) is 32.5 Å². The third-order valence-electron chi connectivity index (χ3n) is 3.07. The van der Waals surface area contributed by atoms with Gasteiger partial charge in [-0.05, 0) is 13.0 Å². The number of halogens is 1. The van der Waals surface area contributed by atoms with E-state index in [9.17, 15) is 14.9 Å². The second-order valence-corrected chi connectivity index (χ2v) is 4.47. The highest BCUT2D eigenvalue weighted by molar-refractivity contribution is 6.34. The van der Waals surface area contributed by atoms with Crippen LogP contribution in [0.15, 0.2) is 6.07 Å². The summed E-state index contributed by atoms with van der Waals surface area (Å²) >= 11 is 6.03. The Kier molecular flexibility index (Phi) is 3.20. The van der Waals surface area contributed by atoms with Crippen LogP contribution in [0, 0.1) is 17.0 Å². The number of fused-ring (bicyclic) bond motifs is 1. The minimum Gasteiger partial charge on any atom is -0.490 e. The van der Waals surface area contributed by atoms with Gasteiger partial charge in [0.25, 0.3) is 0 Å². The van der Waals surface area contributed by atoms with E-state index in [1.165, 1.54) is 7.11 Å². The van der Waals surface area contributed by atoms with E-state index in [0.717, 1.165) is 0 Å². The molecular formula is C12H11ClN2O4. The Morgan fingerprint density at radius 2 is 2.16 bits per heavy atom. The first-order valence-electron chi connectivity index (χ1n) is 5.39. The van der Waals surface area contributed by atoms with E-state index >= 15 is 0 Å². The highest BCUT2D eigenvalue weighted by Gasteiger charge is 2.28. The molecule has 0 fully saturated rings. The van der Waals surface area contributed by atoms with Crippen LogP contribution in [0.2, 0.25) is 5.15 Å². The van der Waals surface area contributed by atoms with Crippen molar-refractivity contribution in [3.63, 3.8) is 0 Å². The lowest BCUT2D eigenvalue weighted by atomic mass is 10.1. The summed E-state index contributed by atoms with van der Waals surface area (Å²) in [7, 11) is 3.00. The summed E-state index contributed by atoms with van der Waals surface area (Å²) in [5, 5.41) is 11.7. The molecule has 0 aliphatic heterocycles. The second-order valence-electron chi connectivity index (χ2n) is 4.11. The molecule has 2 rings (SSSR count). The standard InChI is InChI=1S/C12H11ClN2O4/c1-6-4-8-9(7(5-16)12(13)14(8)2)10(15(17)18)11(6)19-3/h4-5H,1-3H3. The molecule has 0 aliphatic rings. The SMILES string of the molecule is COc1c(C)cc2c(c(C=O)c(Cl)n2C)c1[N+](=O)[O-]. The van der Waals surface area contributed by atoms with Crippen LogP contribution in [0.1, 0.15) is 15.9 Å². The Hall–Kier alpha value is -2.08. The van der Waals surface area contributed by atoms with E-state index in [4.69, 9.17) is 16.3 Å². The van der Waals surface area contributed by atoms with Gasteiger partial charge in [-0.1, -0.05) is 11.6 Å². The lowest BCUT2D eigenvalue weighted by Crippen LogP contribution is -1.98. The Morgan fingerprint density at radius 1 is 1.53 bits per heavy atom. The van der Waals surface area contributed by atoms with Crippen LogP contribution < -0.4 is 4.74 Å². The normalized spacial score (nSPS) is 10.7. The maximum atomic E-state index is 11.3. The number of carbonyl (C=O) groups is 1. The number of benzene rings is 1. The number of nitro groups is 1. The zero-order valence-corrected chi connectivity index (χ0v) is 11.3. The number of nitrogens with zero attached hydrogens (tertiary/aromatic N) is 2. The van der Waals surface area contributed by atoms with Crippen molar-refractivity contribution < 1.29 is 14.5 Å². The Morgan fingerprint density at radius 3 is 2.63 bits per heavy atom. The second kappa shape index (κ2) is 4.55. The molecule has 1 aromatic carbocycles. The van der Waals surface area contributed by atoms with Gasteiger partial charge in [-0.3, -0.25) is 14.9 Å². The zero-order chi connectivity index (χ0) is 14.3. The van der Waals surface area contributed by atoms with Gasteiger partial charge >= 0.3 is 5.69 Å². The van der Waals surface area contributed by atoms with Crippen molar-refractivity contribution in [1.29, 1.82) is 0 Å². The minimum atomic E-state index is -0.558. The number of aryl methyl sites for hydroxylation is 2. The van der Waals surface area contributed by atoms with Gasteiger partial charge in [-0.2, -0.15) is 0 Å². The number of hydrogen-bond donors (Lipinski definition) is 0. The topological polar surface area (TPSA) is 74.4 Å².